The Morgan fingerprint density at radius 1 is 0.325 bits per heavy atom. The zero-order chi connectivity index (χ0) is 82.4. The van der Waals surface area contributed by atoms with Crippen LogP contribution in [0.1, 0.15) is 290 Å². The molecule has 19 nitrogen and oxygen atoms in total. The van der Waals surface area contributed by atoms with E-state index < -0.39 is 131 Å². The largest absolute Gasteiger partial charge is 0.394 e. The van der Waals surface area contributed by atoms with E-state index in [1.54, 1.807) is 6.08 Å². The number of nitrogens with one attached hydrogen (secondary N) is 1. The van der Waals surface area contributed by atoms with Crippen molar-refractivity contribution < 1.29 is 89.4 Å². The third-order valence-electron chi connectivity index (χ3n) is 20.7. The molecule has 3 aliphatic rings. The molecular formula is C95H157NO18. The summed E-state index contributed by atoms with van der Waals surface area (Å²) in [6, 6.07) is -1.02. The van der Waals surface area contributed by atoms with E-state index in [1.165, 1.54) is 128 Å². The highest BCUT2D eigenvalue weighted by Crippen LogP contribution is 2.33. The van der Waals surface area contributed by atoms with Gasteiger partial charge in [-0.15, -0.1) is 0 Å². The van der Waals surface area contributed by atoms with E-state index >= 15 is 0 Å². The van der Waals surface area contributed by atoms with Crippen molar-refractivity contribution in [2.45, 2.75) is 394 Å². The van der Waals surface area contributed by atoms with Gasteiger partial charge in [-0.05, 0) is 128 Å². The zero-order valence-corrected chi connectivity index (χ0v) is 70.0. The third-order valence-corrected chi connectivity index (χ3v) is 20.7. The van der Waals surface area contributed by atoms with Crippen LogP contribution in [-0.4, -0.2) is 193 Å². The Balaban J connectivity index is 1.37. The molecule has 17 atom stereocenters. The molecule has 0 aromatic carbocycles. The molecule has 3 heterocycles. The van der Waals surface area contributed by atoms with Crippen LogP contribution in [0.15, 0.2) is 170 Å². The molecule has 17 unspecified atom stereocenters. The molecule has 3 rings (SSSR count). The van der Waals surface area contributed by atoms with Gasteiger partial charge in [-0.3, -0.25) is 4.79 Å². The van der Waals surface area contributed by atoms with Gasteiger partial charge in [0.1, 0.15) is 73.2 Å². The Morgan fingerprint density at radius 3 is 0.982 bits per heavy atom. The van der Waals surface area contributed by atoms with Gasteiger partial charge < -0.3 is 89.9 Å². The molecule has 0 aromatic heterocycles. The molecular weight excluding hydrogens is 1440 g/mol. The molecule has 0 bridgehead atoms. The Bertz CT molecular complexity index is 2730. The highest BCUT2D eigenvalue weighted by atomic mass is 16.8. The van der Waals surface area contributed by atoms with E-state index in [1.807, 2.05) is 6.08 Å². The second-order valence-corrected chi connectivity index (χ2v) is 30.6. The number of aliphatic hydroxyl groups excluding tert-OH is 11. The second-order valence-electron chi connectivity index (χ2n) is 30.6. The summed E-state index contributed by atoms with van der Waals surface area (Å²) >= 11 is 0. The molecule has 114 heavy (non-hydrogen) atoms. The average molecular weight is 1600 g/mol. The molecule has 3 saturated heterocycles. The number of hydrogen-bond acceptors (Lipinski definition) is 18. The lowest BCUT2D eigenvalue weighted by atomic mass is 9.96. The molecule has 3 aliphatic heterocycles. The van der Waals surface area contributed by atoms with Crippen LogP contribution in [-0.2, 0) is 33.2 Å². The van der Waals surface area contributed by atoms with Gasteiger partial charge in [-0.2, -0.15) is 0 Å². The second kappa shape index (κ2) is 72.2. The van der Waals surface area contributed by atoms with Crippen LogP contribution in [0.3, 0.4) is 0 Å². The molecule has 19 heteroatoms. The summed E-state index contributed by atoms with van der Waals surface area (Å²) in [6.45, 7) is 1.59. The maximum Gasteiger partial charge on any atom is 0.220 e. The van der Waals surface area contributed by atoms with Crippen molar-refractivity contribution in [1.82, 2.24) is 5.32 Å². The van der Waals surface area contributed by atoms with Crippen molar-refractivity contribution in [3.8, 4) is 0 Å². The van der Waals surface area contributed by atoms with E-state index in [0.717, 1.165) is 128 Å². The van der Waals surface area contributed by atoms with Crippen LogP contribution in [0.5, 0.6) is 0 Å². The summed E-state index contributed by atoms with van der Waals surface area (Å²) in [5.41, 5.74) is 0. The standard InChI is InChI=1S/C95H157NO18/c1-3-5-7-9-11-13-15-17-19-21-23-25-27-29-31-33-35-36-37-38-39-40-41-42-43-45-47-49-51-53-55-57-59-61-63-65-67-69-71-73-83(101)96-78(79(100)72-70-68-66-64-62-60-58-56-54-52-50-48-46-44-34-32-30-28-26-24-22-20-18-16-14-12-10-8-6-4-2)77-109-93-89(107)86(104)91(81(75-98)111-93)114-95-90(108)87(105)92(82(76-99)112-95)113-94-88(106)85(103)84(102)80(74-97)110-94/h5,7,11,13,17,19,23,25,29,31,35-36,38-39,41-42,45,47,51,53-54,56-57,59,62,64,70,72,78-82,84-95,97-100,102-108H,3-4,6,8-10,12,14-16,18,20-22,24,26-28,30,32-34,37,40,43-44,46,48-50,52,55,58,60-61,63,65-69,71,73-77H2,1-2H3,(H,96,101)/b7-5-,13-11-,19-17-,25-23-,31-29-,36-35-,39-38-,42-41-,47-45-,53-51-,56-54+,59-57-,64-62+,72-70+. The molecule has 3 fully saturated rings. The van der Waals surface area contributed by atoms with E-state index in [0.29, 0.717) is 12.8 Å². The van der Waals surface area contributed by atoms with Gasteiger partial charge in [0, 0.05) is 6.42 Å². The van der Waals surface area contributed by atoms with Gasteiger partial charge in [0.15, 0.2) is 18.9 Å². The fourth-order valence-electron chi connectivity index (χ4n) is 13.7. The lowest BCUT2D eigenvalue weighted by molar-refractivity contribution is -0.379. The van der Waals surface area contributed by atoms with Crippen LogP contribution in [0.25, 0.3) is 0 Å². The number of carbonyl (C=O) groups is 1. The van der Waals surface area contributed by atoms with Crippen molar-refractivity contribution in [3.05, 3.63) is 170 Å². The SMILES string of the molecule is CC/C=C\C/C=C\C/C=C\C/C=C\C/C=C\C/C=C\C/C=C\C/C=C\C/C=C\C/C=C\C/C=C\CCCCCCCC(=O)NC(COC1OC(CO)C(OC2OC(CO)C(OC3OC(CO)C(O)C(O)C3O)C(O)C2O)C(O)C1O)C(O)/C=C/CC/C=C/CC/C=C/CCCCCCCCCCCCCCCCCCCCCC. The average Bonchev–Trinajstić information content (AvgIpc) is 0.783. The Morgan fingerprint density at radius 2 is 0.614 bits per heavy atom. The van der Waals surface area contributed by atoms with Gasteiger partial charge in [-0.1, -0.05) is 325 Å². The normalized spacial score (nSPS) is 25.6. The topological polar surface area (TPSA) is 307 Å². The first kappa shape index (κ1) is 103. The maximum absolute atomic E-state index is 13.5. The fourth-order valence-corrected chi connectivity index (χ4v) is 13.7. The highest BCUT2D eigenvalue weighted by molar-refractivity contribution is 5.76. The van der Waals surface area contributed by atoms with E-state index in [4.69, 9.17) is 28.4 Å². The zero-order valence-electron chi connectivity index (χ0n) is 70.0. The van der Waals surface area contributed by atoms with Gasteiger partial charge in [-0.25, -0.2) is 0 Å². The molecule has 0 aliphatic carbocycles. The molecule has 0 aromatic rings. The molecule has 12 N–H and O–H groups in total. The summed E-state index contributed by atoms with van der Waals surface area (Å²) in [5, 5.41) is 121. The van der Waals surface area contributed by atoms with Crippen molar-refractivity contribution >= 4 is 5.91 Å². The van der Waals surface area contributed by atoms with E-state index in [-0.39, 0.29) is 12.3 Å². The number of ether oxygens (including phenoxy) is 6. The molecule has 0 spiro atoms. The summed E-state index contributed by atoms with van der Waals surface area (Å²) in [5.74, 6) is -0.313. The third kappa shape index (κ3) is 50.2. The molecule has 0 saturated carbocycles. The first-order valence-electron chi connectivity index (χ1n) is 44.4. The lowest BCUT2D eigenvalue weighted by Gasteiger charge is -2.48. The maximum atomic E-state index is 13.5. The minimum Gasteiger partial charge on any atom is -0.394 e. The lowest BCUT2D eigenvalue weighted by Crippen LogP contribution is -2.66. The van der Waals surface area contributed by atoms with Crippen molar-refractivity contribution in [2.24, 2.45) is 0 Å². The number of amides is 1. The van der Waals surface area contributed by atoms with Gasteiger partial charge in [0.05, 0.1) is 38.6 Å². The summed E-state index contributed by atoms with van der Waals surface area (Å²) in [4.78, 5) is 13.5. The van der Waals surface area contributed by atoms with E-state index in [2.05, 4.69) is 177 Å². The summed E-state index contributed by atoms with van der Waals surface area (Å²) in [6.07, 6.45) is 82.0. The van der Waals surface area contributed by atoms with Crippen LogP contribution in [0, 0.1) is 0 Å². The minimum absolute atomic E-state index is 0.198. The van der Waals surface area contributed by atoms with Crippen LogP contribution < -0.4 is 5.32 Å². The first-order valence-corrected chi connectivity index (χ1v) is 44.4. The monoisotopic (exact) mass is 1600 g/mol. The van der Waals surface area contributed by atoms with Crippen LogP contribution >= 0.6 is 0 Å². The smallest absolute Gasteiger partial charge is 0.220 e. The van der Waals surface area contributed by atoms with Gasteiger partial charge >= 0.3 is 0 Å². The van der Waals surface area contributed by atoms with Crippen molar-refractivity contribution in [2.75, 3.05) is 26.4 Å². The molecule has 650 valence electrons. The predicted octanol–water partition coefficient (Wildman–Crippen LogP) is 16.9. The van der Waals surface area contributed by atoms with E-state index in [9.17, 15) is 61.0 Å². The quantitative estimate of drug-likeness (QED) is 0.0199. The number of carbonyl (C=O) groups excluding carboxylic acids is 1. The Hall–Kier alpha value is -4.85. The van der Waals surface area contributed by atoms with Crippen molar-refractivity contribution in [3.63, 3.8) is 0 Å². The van der Waals surface area contributed by atoms with Gasteiger partial charge in [0.2, 0.25) is 5.91 Å². The molecule has 0 radical (unpaired) electrons. The van der Waals surface area contributed by atoms with Crippen LogP contribution in [0.2, 0.25) is 0 Å². The fraction of sp³-hybridized carbons (Fsp3) is 0.695. The number of rotatable bonds is 69. The number of aliphatic hydroxyl groups is 11. The molecule has 1 amide bonds. The number of unbranched alkanes of at least 4 members (excludes halogenated alkanes) is 27. The Kier molecular flexibility index (Phi) is 65.4. The number of hydrogen-bond donors (Lipinski definition) is 12. The highest BCUT2D eigenvalue weighted by Gasteiger charge is 2.54. The van der Waals surface area contributed by atoms with Gasteiger partial charge in [0.25, 0.3) is 0 Å². The Labute approximate surface area is 688 Å². The predicted molar refractivity (Wildman–Crippen MR) is 461 cm³/mol. The summed E-state index contributed by atoms with van der Waals surface area (Å²) < 4.78 is 34.5. The van der Waals surface area contributed by atoms with Crippen LogP contribution in [0.4, 0.5) is 0 Å². The number of allylic oxidation sites excluding steroid dienone is 27. The first-order chi connectivity index (χ1) is 55.8. The van der Waals surface area contributed by atoms with Crippen molar-refractivity contribution in [1.29, 1.82) is 0 Å². The summed E-state index contributed by atoms with van der Waals surface area (Å²) in [7, 11) is 0. The minimum atomic E-state index is -1.99.